The van der Waals surface area contributed by atoms with E-state index in [1.54, 1.807) is 11.9 Å². The molecule has 2 aliphatic rings. The first-order valence-corrected chi connectivity index (χ1v) is 6.41. The Morgan fingerprint density at radius 1 is 1.21 bits per heavy atom. The molecule has 0 saturated carbocycles. The summed E-state index contributed by atoms with van der Waals surface area (Å²) in [5, 5.41) is 0. The van der Waals surface area contributed by atoms with Gasteiger partial charge in [-0.1, -0.05) is 11.9 Å². The summed E-state index contributed by atoms with van der Waals surface area (Å²) < 4.78 is 2.36. The van der Waals surface area contributed by atoms with Crippen LogP contribution >= 0.6 is 11.9 Å². The molecule has 2 heterocycles. The Balaban J connectivity index is 2.02. The second kappa shape index (κ2) is 3.74. The standard InChI is InChI=1S/C10H18N2OS/c1-11-6-3-10(9(11)13)4-7-12(14-2)8-5-10/h3-8H2,1-2H3. The SMILES string of the molecule is CSN1CCC2(CC1)CCN(C)C2=O. The van der Waals surface area contributed by atoms with Crippen LogP contribution < -0.4 is 0 Å². The molecule has 3 nitrogen and oxygen atoms in total. The molecule has 2 fully saturated rings. The van der Waals surface area contributed by atoms with Crippen molar-refractivity contribution < 1.29 is 4.79 Å². The summed E-state index contributed by atoms with van der Waals surface area (Å²) in [5.41, 5.74) is 0.0149. The molecule has 0 aliphatic carbocycles. The van der Waals surface area contributed by atoms with Crippen LogP contribution in [0, 0.1) is 5.41 Å². The first-order valence-electron chi connectivity index (χ1n) is 5.23. The first-order chi connectivity index (χ1) is 6.68. The molecule has 1 amide bonds. The van der Waals surface area contributed by atoms with E-state index in [0.717, 1.165) is 38.9 Å². The molecule has 80 valence electrons. The van der Waals surface area contributed by atoms with Crippen molar-refractivity contribution in [2.75, 3.05) is 32.9 Å². The fourth-order valence-electron chi connectivity index (χ4n) is 2.56. The van der Waals surface area contributed by atoms with Gasteiger partial charge in [-0.05, 0) is 25.5 Å². The normalized spacial score (nSPS) is 27.6. The van der Waals surface area contributed by atoms with Gasteiger partial charge in [-0.25, -0.2) is 0 Å². The summed E-state index contributed by atoms with van der Waals surface area (Å²) in [6, 6.07) is 0. The molecule has 2 saturated heterocycles. The van der Waals surface area contributed by atoms with Crippen LogP contribution in [0.5, 0.6) is 0 Å². The maximum Gasteiger partial charge on any atom is 0.228 e. The van der Waals surface area contributed by atoms with Crippen LogP contribution in [0.1, 0.15) is 19.3 Å². The fourth-order valence-corrected chi connectivity index (χ4v) is 3.10. The second-order valence-electron chi connectivity index (χ2n) is 4.37. The Bertz CT molecular complexity index is 236. The minimum Gasteiger partial charge on any atom is -0.345 e. The van der Waals surface area contributed by atoms with Crippen LogP contribution in [0.4, 0.5) is 0 Å². The zero-order valence-corrected chi connectivity index (χ0v) is 9.77. The van der Waals surface area contributed by atoms with Crippen molar-refractivity contribution in [1.82, 2.24) is 9.21 Å². The van der Waals surface area contributed by atoms with E-state index >= 15 is 0 Å². The third-order valence-electron chi connectivity index (χ3n) is 3.66. The Morgan fingerprint density at radius 3 is 2.21 bits per heavy atom. The number of amides is 1. The Morgan fingerprint density at radius 2 is 1.79 bits per heavy atom. The third-order valence-corrected chi connectivity index (χ3v) is 4.55. The number of rotatable bonds is 1. The summed E-state index contributed by atoms with van der Waals surface area (Å²) in [4.78, 5) is 13.9. The lowest BCUT2D eigenvalue weighted by molar-refractivity contribution is -0.136. The van der Waals surface area contributed by atoms with Crippen LogP contribution in [0.15, 0.2) is 0 Å². The van der Waals surface area contributed by atoms with Crippen LogP contribution in [0.3, 0.4) is 0 Å². The highest BCUT2D eigenvalue weighted by atomic mass is 32.2. The lowest BCUT2D eigenvalue weighted by Gasteiger charge is -2.36. The molecular weight excluding hydrogens is 196 g/mol. The van der Waals surface area contributed by atoms with Crippen LogP contribution in [-0.4, -0.2) is 48.1 Å². The second-order valence-corrected chi connectivity index (χ2v) is 5.25. The van der Waals surface area contributed by atoms with Gasteiger partial charge in [-0.3, -0.25) is 9.10 Å². The van der Waals surface area contributed by atoms with Gasteiger partial charge in [0.05, 0.1) is 5.41 Å². The highest BCUT2D eigenvalue weighted by Crippen LogP contribution is 2.41. The van der Waals surface area contributed by atoms with E-state index in [1.807, 2.05) is 11.9 Å². The van der Waals surface area contributed by atoms with Gasteiger partial charge >= 0.3 is 0 Å². The van der Waals surface area contributed by atoms with Crippen LogP contribution in [0.25, 0.3) is 0 Å². The summed E-state index contributed by atoms with van der Waals surface area (Å²) in [7, 11) is 1.93. The molecule has 0 radical (unpaired) electrons. The average molecular weight is 214 g/mol. The molecule has 14 heavy (non-hydrogen) atoms. The van der Waals surface area contributed by atoms with E-state index in [0.29, 0.717) is 5.91 Å². The fraction of sp³-hybridized carbons (Fsp3) is 0.900. The van der Waals surface area contributed by atoms with Crippen molar-refractivity contribution in [2.45, 2.75) is 19.3 Å². The van der Waals surface area contributed by atoms with Gasteiger partial charge < -0.3 is 4.90 Å². The number of nitrogens with zero attached hydrogens (tertiary/aromatic N) is 2. The quantitative estimate of drug-likeness (QED) is 0.613. The van der Waals surface area contributed by atoms with Gasteiger partial charge in [0, 0.05) is 26.7 Å². The van der Waals surface area contributed by atoms with Gasteiger partial charge in [-0.15, -0.1) is 0 Å². The topological polar surface area (TPSA) is 23.6 Å². The van der Waals surface area contributed by atoms with Crippen molar-refractivity contribution in [3.8, 4) is 0 Å². The zero-order chi connectivity index (χ0) is 10.2. The molecule has 2 aliphatic heterocycles. The van der Waals surface area contributed by atoms with E-state index in [9.17, 15) is 4.79 Å². The largest absolute Gasteiger partial charge is 0.345 e. The Hall–Kier alpha value is -0.220. The minimum absolute atomic E-state index is 0.0149. The van der Waals surface area contributed by atoms with Crippen LogP contribution in [-0.2, 0) is 4.79 Å². The molecule has 0 aromatic carbocycles. The Labute approximate surface area is 90.0 Å². The van der Waals surface area contributed by atoms with Gasteiger partial charge in [-0.2, -0.15) is 0 Å². The van der Waals surface area contributed by atoms with E-state index in [1.165, 1.54) is 0 Å². The molecule has 0 aromatic rings. The molecule has 0 atom stereocenters. The van der Waals surface area contributed by atoms with Gasteiger partial charge in [0.15, 0.2) is 0 Å². The zero-order valence-electron chi connectivity index (χ0n) is 8.95. The van der Waals surface area contributed by atoms with Crippen LogP contribution in [0.2, 0.25) is 0 Å². The van der Waals surface area contributed by atoms with Crippen molar-refractivity contribution in [3.63, 3.8) is 0 Å². The predicted molar refractivity (Wildman–Crippen MR) is 59.0 cm³/mol. The highest BCUT2D eigenvalue weighted by Gasteiger charge is 2.46. The smallest absolute Gasteiger partial charge is 0.228 e. The molecule has 4 heteroatoms. The van der Waals surface area contributed by atoms with Crippen molar-refractivity contribution in [1.29, 1.82) is 0 Å². The maximum atomic E-state index is 12.0. The van der Waals surface area contributed by atoms with E-state index in [2.05, 4.69) is 10.6 Å². The number of carbonyl (C=O) groups is 1. The predicted octanol–water partition coefficient (Wildman–Crippen LogP) is 1.21. The van der Waals surface area contributed by atoms with E-state index in [4.69, 9.17) is 0 Å². The molecule has 0 bridgehead atoms. The summed E-state index contributed by atoms with van der Waals surface area (Å²) in [6.07, 6.45) is 5.29. The lowest BCUT2D eigenvalue weighted by atomic mass is 9.78. The number of hydrogen-bond acceptors (Lipinski definition) is 3. The number of hydrogen-bond donors (Lipinski definition) is 0. The molecule has 0 N–H and O–H groups in total. The van der Waals surface area contributed by atoms with Gasteiger partial charge in [0.1, 0.15) is 0 Å². The first kappa shape index (κ1) is 10.3. The summed E-state index contributed by atoms with van der Waals surface area (Å²) in [6.45, 7) is 3.10. The van der Waals surface area contributed by atoms with E-state index < -0.39 is 0 Å². The maximum absolute atomic E-state index is 12.0. The molecule has 0 aromatic heterocycles. The van der Waals surface area contributed by atoms with Gasteiger partial charge in [0.2, 0.25) is 5.91 Å². The Kier molecular flexibility index (Phi) is 2.75. The monoisotopic (exact) mass is 214 g/mol. The highest BCUT2D eigenvalue weighted by molar-refractivity contribution is 7.96. The number of likely N-dealkylation sites (tertiary alicyclic amines) is 1. The molecule has 2 rings (SSSR count). The number of piperidine rings is 1. The van der Waals surface area contributed by atoms with Gasteiger partial charge in [0.25, 0.3) is 0 Å². The molecule has 0 unspecified atom stereocenters. The molecular formula is C10H18N2OS. The summed E-state index contributed by atoms with van der Waals surface area (Å²) >= 11 is 1.80. The van der Waals surface area contributed by atoms with Crippen molar-refractivity contribution in [3.05, 3.63) is 0 Å². The molecule has 1 spiro atoms. The minimum atomic E-state index is 0.0149. The average Bonchev–Trinajstić information content (AvgIpc) is 2.49. The summed E-state index contributed by atoms with van der Waals surface area (Å²) in [5.74, 6) is 0.387. The number of carbonyl (C=O) groups excluding carboxylic acids is 1. The van der Waals surface area contributed by atoms with E-state index in [-0.39, 0.29) is 5.41 Å². The lowest BCUT2D eigenvalue weighted by Crippen LogP contribution is -2.41. The van der Waals surface area contributed by atoms with Crippen molar-refractivity contribution in [2.24, 2.45) is 5.41 Å². The van der Waals surface area contributed by atoms with Crippen molar-refractivity contribution >= 4 is 17.9 Å². The third kappa shape index (κ3) is 1.54.